The minimum Gasteiger partial charge on any atom is -0.491 e. The van der Waals surface area contributed by atoms with Gasteiger partial charge in [0.05, 0.1) is 6.04 Å². The van der Waals surface area contributed by atoms with Gasteiger partial charge in [-0.15, -0.1) is 0 Å². The second-order valence-electron chi connectivity index (χ2n) is 5.04. The van der Waals surface area contributed by atoms with Crippen molar-refractivity contribution >= 4 is 0 Å². The van der Waals surface area contributed by atoms with E-state index in [0.717, 1.165) is 30.3 Å². The van der Waals surface area contributed by atoms with Crippen molar-refractivity contribution in [2.45, 2.75) is 32.5 Å². The molecule has 2 heterocycles. The van der Waals surface area contributed by atoms with E-state index < -0.39 is 0 Å². The van der Waals surface area contributed by atoms with E-state index in [4.69, 9.17) is 9.47 Å². The summed E-state index contributed by atoms with van der Waals surface area (Å²) in [6, 6.07) is 6.22. The van der Waals surface area contributed by atoms with E-state index in [0.29, 0.717) is 13.2 Å². The highest BCUT2D eigenvalue weighted by molar-refractivity contribution is 5.44. The number of ether oxygens (including phenoxy) is 2. The Hall–Kier alpha value is -2.08. The fourth-order valence-corrected chi connectivity index (χ4v) is 2.47. The molecule has 1 aliphatic heterocycles. The van der Waals surface area contributed by atoms with Gasteiger partial charge in [0.1, 0.15) is 31.0 Å². The average Bonchev–Trinajstić information content (AvgIpc) is 3.11. The Morgan fingerprint density at radius 3 is 3.19 bits per heavy atom. The van der Waals surface area contributed by atoms with Gasteiger partial charge in [-0.25, -0.2) is 9.67 Å². The highest BCUT2D eigenvalue weighted by atomic mass is 16.5. The van der Waals surface area contributed by atoms with Crippen LogP contribution in [0.3, 0.4) is 0 Å². The van der Waals surface area contributed by atoms with E-state index in [9.17, 15) is 0 Å². The van der Waals surface area contributed by atoms with Crippen LogP contribution in [-0.4, -0.2) is 28.4 Å². The molecule has 0 aliphatic carbocycles. The summed E-state index contributed by atoms with van der Waals surface area (Å²) in [5.41, 5.74) is 1.18. The normalized spacial score (nSPS) is 16.6. The summed E-state index contributed by atoms with van der Waals surface area (Å²) in [4.78, 5) is 4.23. The Morgan fingerprint density at radius 2 is 2.38 bits per heavy atom. The molecule has 0 bridgehead atoms. The molecule has 6 nitrogen and oxygen atoms in total. The topological polar surface area (TPSA) is 61.2 Å². The summed E-state index contributed by atoms with van der Waals surface area (Å²) in [6.07, 6.45) is 2.59. The molecule has 1 atom stereocenters. The third-order valence-corrected chi connectivity index (χ3v) is 3.61. The highest BCUT2D eigenvalue weighted by Gasteiger charge is 2.22. The first-order valence-corrected chi connectivity index (χ1v) is 7.25. The van der Waals surface area contributed by atoms with Crippen LogP contribution in [0.1, 0.15) is 30.8 Å². The van der Waals surface area contributed by atoms with Crippen molar-refractivity contribution in [3.05, 3.63) is 35.9 Å². The van der Waals surface area contributed by atoms with Crippen molar-refractivity contribution in [1.82, 2.24) is 20.1 Å². The maximum atomic E-state index is 5.81. The smallest absolute Gasteiger partial charge is 0.164 e. The first kappa shape index (κ1) is 13.9. The summed E-state index contributed by atoms with van der Waals surface area (Å²) >= 11 is 0. The minimum absolute atomic E-state index is 0.265. The number of nitrogens with one attached hydrogen (secondary N) is 1. The molecule has 2 aromatic rings. The number of rotatable bonds is 6. The van der Waals surface area contributed by atoms with Gasteiger partial charge in [0.2, 0.25) is 0 Å². The molecular weight excluding hydrogens is 268 g/mol. The molecule has 1 aliphatic rings. The Morgan fingerprint density at radius 1 is 1.48 bits per heavy atom. The first-order chi connectivity index (χ1) is 10.3. The van der Waals surface area contributed by atoms with Gasteiger partial charge in [-0.2, -0.15) is 5.10 Å². The van der Waals surface area contributed by atoms with E-state index in [-0.39, 0.29) is 6.04 Å². The summed E-state index contributed by atoms with van der Waals surface area (Å²) in [5, 5.41) is 7.42. The summed E-state index contributed by atoms with van der Waals surface area (Å²) in [7, 11) is 1.94. The zero-order valence-corrected chi connectivity index (χ0v) is 12.4. The highest BCUT2D eigenvalue weighted by Crippen LogP contribution is 2.35. The van der Waals surface area contributed by atoms with Gasteiger partial charge in [-0.05, 0) is 25.6 Å². The van der Waals surface area contributed by atoms with Crippen molar-refractivity contribution in [1.29, 1.82) is 0 Å². The molecule has 0 saturated carbocycles. The molecular formula is C15H20N4O2. The number of aryl methyl sites for hydroxylation is 1. The number of benzene rings is 1. The van der Waals surface area contributed by atoms with Gasteiger partial charge in [0, 0.05) is 18.2 Å². The number of hydrogen-bond donors (Lipinski definition) is 1. The fourth-order valence-electron chi connectivity index (χ4n) is 2.47. The quantitative estimate of drug-likeness (QED) is 0.880. The molecule has 1 aromatic carbocycles. The van der Waals surface area contributed by atoms with E-state index in [1.807, 2.05) is 23.9 Å². The minimum atomic E-state index is 0.265. The zero-order valence-electron chi connectivity index (χ0n) is 12.4. The van der Waals surface area contributed by atoms with Gasteiger partial charge >= 0.3 is 0 Å². The predicted octanol–water partition coefficient (Wildman–Crippen LogP) is 1.92. The van der Waals surface area contributed by atoms with Gasteiger partial charge in [-0.1, -0.05) is 6.92 Å². The summed E-state index contributed by atoms with van der Waals surface area (Å²) in [5.74, 6) is 2.52. The van der Waals surface area contributed by atoms with Crippen molar-refractivity contribution in [2.75, 3.05) is 13.7 Å². The van der Waals surface area contributed by atoms with Crippen molar-refractivity contribution in [3.63, 3.8) is 0 Å². The molecule has 0 saturated heterocycles. The first-order valence-electron chi connectivity index (χ1n) is 7.25. The van der Waals surface area contributed by atoms with Crippen LogP contribution in [0.15, 0.2) is 24.5 Å². The van der Waals surface area contributed by atoms with Crippen LogP contribution in [0.4, 0.5) is 0 Å². The Bertz CT molecular complexity index is 611. The molecule has 21 heavy (non-hydrogen) atoms. The van der Waals surface area contributed by atoms with Gasteiger partial charge in [-0.3, -0.25) is 0 Å². The van der Waals surface area contributed by atoms with Gasteiger partial charge < -0.3 is 14.8 Å². The molecule has 0 fully saturated rings. The molecule has 6 heteroatoms. The maximum Gasteiger partial charge on any atom is 0.164 e. The van der Waals surface area contributed by atoms with Crippen LogP contribution in [0, 0.1) is 0 Å². The van der Waals surface area contributed by atoms with Crippen molar-refractivity contribution in [3.8, 4) is 11.5 Å². The molecule has 0 amide bonds. The standard InChI is InChI=1S/C15H20N4O2/c1-3-6-19-15(17-10-18-19)9-20-11-4-5-12-13(16-2)8-21-14(12)7-11/h4-5,7,10,13,16H,3,6,8-9H2,1-2H3. The van der Waals surface area contributed by atoms with Gasteiger partial charge in [0.15, 0.2) is 5.82 Å². The predicted molar refractivity (Wildman–Crippen MR) is 78.4 cm³/mol. The van der Waals surface area contributed by atoms with Gasteiger partial charge in [0.25, 0.3) is 0 Å². The molecule has 1 N–H and O–H groups in total. The lowest BCUT2D eigenvalue weighted by atomic mass is 10.1. The van der Waals surface area contributed by atoms with Crippen LogP contribution < -0.4 is 14.8 Å². The lowest BCUT2D eigenvalue weighted by Crippen LogP contribution is -2.17. The van der Waals surface area contributed by atoms with Crippen molar-refractivity contribution < 1.29 is 9.47 Å². The van der Waals surface area contributed by atoms with Crippen molar-refractivity contribution in [2.24, 2.45) is 0 Å². The number of aromatic nitrogens is 3. The second kappa shape index (κ2) is 6.13. The van der Waals surface area contributed by atoms with E-state index in [1.165, 1.54) is 5.56 Å². The zero-order chi connectivity index (χ0) is 14.7. The monoisotopic (exact) mass is 288 g/mol. The molecule has 1 aromatic heterocycles. The largest absolute Gasteiger partial charge is 0.491 e. The van der Waals surface area contributed by atoms with Crippen LogP contribution >= 0.6 is 0 Å². The third kappa shape index (κ3) is 2.85. The second-order valence-corrected chi connectivity index (χ2v) is 5.04. The third-order valence-electron chi connectivity index (χ3n) is 3.61. The molecule has 3 rings (SSSR count). The number of fused-ring (bicyclic) bond motifs is 1. The Kier molecular flexibility index (Phi) is 4.06. The van der Waals surface area contributed by atoms with Crippen LogP contribution in [-0.2, 0) is 13.2 Å². The lowest BCUT2D eigenvalue weighted by Gasteiger charge is -2.09. The number of hydrogen-bond acceptors (Lipinski definition) is 5. The SMILES string of the molecule is CCCn1ncnc1COc1ccc2c(c1)OCC2NC. The van der Waals surface area contributed by atoms with E-state index in [2.05, 4.69) is 28.4 Å². The summed E-state index contributed by atoms with van der Waals surface area (Å²) < 4.78 is 13.3. The summed E-state index contributed by atoms with van der Waals surface area (Å²) in [6.45, 7) is 4.05. The Balaban J connectivity index is 1.67. The maximum absolute atomic E-state index is 5.81. The average molecular weight is 288 g/mol. The molecule has 112 valence electrons. The molecule has 0 spiro atoms. The van der Waals surface area contributed by atoms with Crippen LogP contribution in [0.2, 0.25) is 0 Å². The van der Waals surface area contributed by atoms with E-state index in [1.54, 1.807) is 6.33 Å². The molecule has 0 radical (unpaired) electrons. The lowest BCUT2D eigenvalue weighted by molar-refractivity contribution is 0.282. The fraction of sp³-hybridized carbons (Fsp3) is 0.467. The molecule has 1 unspecified atom stereocenters. The van der Waals surface area contributed by atoms with Crippen LogP contribution in [0.5, 0.6) is 11.5 Å². The van der Waals surface area contributed by atoms with E-state index >= 15 is 0 Å². The Labute approximate surface area is 124 Å². The number of nitrogens with zero attached hydrogens (tertiary/aromatic N) is 3. The number of likely N-dealkylation sites (N-methyl/N-ethyl adjacent to an activating group) is 1. The van der Waals surface area contributed by atoms with Crippen LogP contribution in [0.25, 0.3) is 0 Å².